The van der Waals surface area contributed by atoms with Gasteiger partial charge in [-0.3, -0.25) is 0 Å². The van der Waals surface area contributed by atoms with Crippen molar-refractivity contribution in [3.05, 3.63) is 23.8 Å². The largest absolute Gasteiger partial charge is 0.390 e. The molecule has 6 aliphatic rings. The van der Waals surface area contributed by atoms with Crippen molar-refractivity contribution in [2.45, 2.75) is 146 Å². The summed E-state index contributed by atoms with van der Waals surface area (Å²) >= 11 is 0. The van der Waals surface area contributed by atoms with Gasteiger partial charge >= 0.3 is 0 Å². The van der Waals surface area contributed by atoms with Crippen LogP contribution in [-0.4, -0.2) is 152 Å². The lowest BCUT2D eigenvalue weighted by Crippen LogP contribution is -2.66. The van der Waals surface area contributed by atoms with Crippen LogP contribution in [0, 0.1) is 46.3 Å². The summed E-state index contributed by atoms with van der Waals surface area (Å²) in [6.45, 7) is 10.2. The first-order valence-corrected chi connectivity index (χ1v) is 19.5. The van der Waals surface area contributed by atoms with Gasteiger partial charge in [-0.2, -0.15) is 0 Å². The average molecular weight is 757 g/mol. The Morgan fingerprint density at radius 3 is 2.17 bits per heavy atom. The lowest BCUT2D eigenvalue weighted by Gasteiger charge is -2.63. The van der Waals surface area contributed by atoms with Gasteiger partial charge in [0.15, 0.2) is 12.6 Å². The van der Waals surface area contributed by atoms with Crippen LogP contribution in [0.25, 0.3) is 0 Å². The smallest absolute Gasteiger partial charge is 0.187 e. The number of rotatable bonds is 10. The molecule has 2 saturated heterocycles. The molecule has 53 heavy (non-hydrogen) atoms. The van der Waals surface area contributed by atoms with Crippen LogP contribution in [-0.2, 0) is 23.7 Å². The van der Waals surface area contributed by atoms with E-state index in [1.54, 1.807) is 0 Å². The summed E-state index contributed by atoms with van der Waals surface area (Å²) in [4.78, 5) is 0. The van der Waals surface area contributed by atoms with Crippen LogP contribution in [0.4, 0.5) is 0 Å². The average Bonchev–Trinajstić information content (AvgIpc) is 3.32. The zero-order valence-corrected chi connectivity index (χ0v) is 31.8. The number of allylic oxidation sites excluding steroid dienone is 2. The third-order valence-electron chi connectivity index (χ3n) is 14.4. The second-order valence-corrected chi connectivity index (χ2v) is 17.7. The molecule has 21 atom stereocenters. The third-order valence-corrected chi connectivity index (χ3v) is 14.4. The molecule has 0 radical (unpaired) electrons. The predicted octanol–water partition coefficient (Wildman–Crippen LogP) is -0.00890. The Kier molecular flexibility index (Phi) is 12.3. The zero-order chi connectivity index (χ0) is 38.8. The van der Waals surface area contributed by atoms with E-state index in [9.17, 15) is 46.0 Å². The number of aliphatic hydroxyl groups is 9. The van der Waals surface area contributed by atoms with Crippen molar-refractivity contribution in [3.8, 4) is 0 Å². The number of ether oxygens (including phenoxy) is 5. The van der Waals surface area contributed by atoms with Gasteiger partial charge in [0.25, 0.3) is 0 Å². The fourth-order valence-corrected chi connectivity index (χ4v) is 11.3. The van der Waals surface area contributed by atoms with Crippen molar-refractivity contribution >= 4 is 0 Å². The van der Waals surface area contributed by atoms with Crippen LogP contribution in [0.5, 0.6) is 0 Å². The molecule has 5 fully saturated rings. The Balaban J connectivity index is 1.14. The van der Waals surface area contributed by atoms with E-state index in [1.165, 1.54) is 7.11 Å². The number of hydrogen-bond acceptors (Lipinski definition) is 14. The highest BCUT2D eigenvalue weighted by Gasteiger charge is 2.72. The van der Waals surface area contributed by atoms with Crippen LogP contribution in [0.3, 0.4) is 0 Å². The van der Waals surface area contributed by atoms with Gasteiger partial charge in [0.1, 0.15) is 36.6 Å². The summed E-state index contributed by atoms with van der Waals surface area (Å²) in [6.07, 6.45) is -4.15. The Morgan fingerprint density at radius 1 is 0.830 bits per heavy atom. The van der Waals surface area contributed by atoms with Crippen LogP contribution in [0.1, 0.15) is 66.7 Å². The summed E-state index contributed by atoms with van der Waals surface area (Å²) in [5.74, 6) is -1.43. The van der Waals surface area contributed by atoms with E-state index >= 15 is 0 Å². The monoisotopic (exact) mass is 756 g/mol. The predicted molar refractivity (Wildman–Crippen MR) is 189 cm³/mol. The first-order valence-electron chi connectivity index (χ1n) is 19.5. The molecule has 0 unspecified atom stereocenters. The lowest BCUT2D eigenvalue weighted by atomic mass is 9.43. The molecule has 2 aliphatic heterocycles. The molecule has 0 aromatic rings. The van der Waals surface area contributed by atoms with E-state index in [-0.39, 0.29) is 55.8 Å². The topological polar surface area (TPSA) is 228 Å². The van der Waals surface area contributed by atoms with Gasteiger partial charge in [0.05, 0.1) is 49.8 Å². The van der Waals surface area contributed by atoms with Gasteiger partial charge in [-0.05, 0) is 71.7 Å². The summed E-state index contributed by atoms with van der Waals surface area (Å²) < 4.78 is 28.4. The van der Waals surface area contributed by atoms with Crippen molar-refractivity contribution in [3.63, 3.8) is 0 Å². The molecule has 0 aromatic heterocycles. The summed E-state index contributed by atoms with van der Waals surface area (Å²) in [5.41, 5.74) is -1.87. The maximum Gasteiger partial charge on any atom is 0.187 e. The van der Waals surface area contributed by atoms with Crippen LogP contribution < -0.4 is 0 Å². The maximum atomic E-state index is 12.8. The quantitative estimate of drug-likeness (QED) is 0.134. The molecule has 3 saturated carbocycles. The Bertz CT molecular complexity index is 1330. The van der Waals surface area contributed by atoms with E-state index in [4.69, 9.17) is 23.7 Å². The van der Waals surface area contributed by atoms with Crippen molar-refractivity contribution in [2.75, 3.05) is 26.9 Å². The highest BCUT2D eigenvalue weighted by Crippen LogP contribution is 2.69. The molecule has 304 valence electrons. The second kappa shape index (κ2) is 15.7. The molecule has 14 nitrogen and oxygen atoms in total. The first-order chi connectivity index (χ1) is 24.9. The fraction of sp³-hybridized carbons (Fsp3) is 0.897. The Morgan fingerprint density at radius 2 is 1.49 bits per heavy atom. The number of methoxy groups -OCH3 is 1. The first kappa shape index (κ1) is 41.6. The van der Waals surface area contributed by atoms with Gasteiger partial charge < -0.3 is 69.6 Å². The van der Waals surface area contributed by atoms with Gasteiger partial charge in [-0.1, -0.05) is 52.8 Å². The third kappa shape index (κ3) is 7.22. The number of hydrogen-bond donors (Lipinski definition) is 9. The molecule has 0 aromatic carbocycles. The van der Waals surface area contributed by atoms with Crippen LogP contribution >= 0.6 is 0 Å². The van der Waals surface area contributed by atoms with Gasteiger partial charge in [0, 0.05) is 19.4 Å². The Labute approximate surface area is 312 Å². The highest BCUT2D eigenvalue weighted by molar-refractivity contribution is 5.33. The Hall–Kier alpha value is -1.08. The number of aliphatic hydroxyl groups excluding tert-OH is 8. The van der Waals surface area contributed by atoms with Crippen molar-refractivity contribution in [2.24, 2.45) is 46.3 Å². The van der Waals surface area contributed by atoms with Crippen molar-refractivity contribution in [1.82, 2.24) is 0 Å². The molecular weight excluding hydrogens is 692 g/mol. The van der Waals surface area contributed by atoms with Gasteiger partial charge in [0.2, 0.25) is 0 Å². The minimum atomic E-state index is -1.44. The molecule has 0 bridgehead atoms. The van der Waals surface area contributed by atoms with Gasteiger partial charge in [-0.25, -0.2) is 0 Å². The normalized spacial score (nSPS) is 51.9. The van der Waals surface area contributed by atoms with E-state index in [1.807, 2.05) is 26.8 Å². The van der Waals surface area contributed by atoms with E-state index in [2.05, 4.69) is 26.0 Å². The number of fused-ring (bicyclic) bond motifs is 5. The molecule has 14 heteroatoms. The van der Waals surface area contributed by atoms with Crippen molar-refractivity contribution in [1.29, 1.82) is 0 Å². The zero-order valence-electron chi connectivity index (χ0n) is 31.8. The van der Waals surface area contributed by atoms with Crippen LogP contribution in [0.2, 0.25) is 0 Å². The molecule has 2 heterocycles. The standard InChI is InChI=1S/C39H64O14/c1-18(20(3)15-50-35-32(47)28(43)24(41)16-51-35)7-8-19(2)27-30(45)31(46)34-38(27,5)12-10-26-37(4)11-9-21(13-22(37)23(40)14-39(26,34)48)53-36-33(49-6)29(44)25(42)17-52-36/h7-8,13,18-21,23-36,40-48H,9-12,14-17H2,1-6H3/b8-7+/t18-,19+,20-,21+,23-,24-,25-,26-,27+,28-,29+,30-,31+,32-,33-,34-,35+,36+,37+,38-,39+/m1/s1. The molecule has 6 rings (SSSR count). The lowest BCUT2D eigenvalue weighted by molar-refractivity contribution is -0.285. The van der Waals surface area contributed by atoms with E-state index in [0.717, 1.165) is 5.57 Å². The molecule has 0 amide bonds. The SMILES string of the molecule is CO[C@H]1[C@H](O[C@@H]2C=C3[C@H](O)C[C@@]4(O)[C@@H]5[C@@H](O)[C@H](O)[C@H]([C@@H](C)/C=C/[C@@H](C)[C@H](C)CO[C@H]6OC[C@@H](O)[C@@H](O)[C@H]6O)[C@@]5(C)CC[C@@H]4[C@@]3(C)CC2)OC[C@@H](O)[C@@H]1O. The summed E-state index contributed by atoms with van der Waals surface area (Å²) in [7, 11) is 1.42. The maximum absolute atomic E-state index is 12.8. The molecule has 9 N–H and O–H groups in total. The molecule has 4 aliphatic carbocycles. The van der Waals surface area contributed by atoms with E-state index in [0.29, 0.717) is 25.7 Å². The van der Waals surface area contributed by atoms with Crippen LogP contribution in [0.15, 0.2) is 23.8 Å². The van der Waals surface area contributed by atoms with E-state index < -0.39 is 96.0 Å². The van der Waals surface area contributed by atoms with Crippen molar-refractivity contribution < 1.29 is 69.6 Å². The summed E-state index contributed by atoms with van der Waals surface area (Å²) in [5, 5.41) is 98.3. The highest BCUT2D eigenvalue weighted by atomic mass is 16.7. The summed E-state index contributed by atoms with van der Waals surface area (Å²) in [6, 6.07) is 0. The second-order valence-electron chi connectivity index (χ2n) is 17.7. The fourth-order valence-electron chi connectivity index (χ4n) is 11.3. The minimum Gasteiger partial charge on any atom is -0.390 e. The minimum absolute atomic E-state index is 0.000113. The molecule has 0 spiro atoms. The van der Waals surface area contributed by atoms with Gasteiger partial charge in [-0.15, -0.1) is 0 Å². The molecular formula is C39H64O14.